The third-order valence-corrected chi connectivity index (χ3v) is 4.38. The summed E-state index contributed by atoms with van der Waals surface area (Å²) in [4.78, 5) is 22.3. The van der Waals surface area contributed by atoms with Crippen molar-refractivity contribution in [1.82, 2.24) is 0 Å². The quantitative estimate of drug-likeness (QED) is 0.165. The Morgan fingerprint density at radius 1 is 0.852 bits per heavy atom. The Morgan fingerprint density at radius 2 is 1.59 bits per heavy atom. The predicted molar refractivity (Wildman–Crippen MR) is 112 cm³/mol. The molecule has 4 nitrogen and oxygen atoms in total. The minimum Gasteiger partial charge on any atom is -0.481 e. The van der Waals surface area contributed by atoms with Crippen LogP contribution in [0, 0.1) is 0 Å². The fourth-order valence-corrected chi connectivity index (χ4v) is 2.81. The van der Waals surface area contributed by atoms with Gasteiger partial charge in [-0.1, -0.05) is 64.2 Å². The monoisotopic (exact) mass is 380 g/mol. The van der Waals surface area contributed by atoms with E-state index in [4.69, 9.17) is 9.84 Å². The number of carbonyl (C=O) groups excluding carboxylic acids is 1. The molecule has 0 saturated carbocycles. The Bertz CT molecular complexity index is 426. The number of carbonyl (C=O) groups is 2. The summed E-state index contributed by atoms with van der Waals surface area (Å²) in [7, 11) is 0. The lowest BCUT2D eigenvalue weighted by Gasteiger charge is -2.14. The molecule has 0 fully saturated rings. The average Bonchev–Trinajstić information content (AvgIpc) is 2.62. The van der Waals surface area contributed by atoms with Gasteiger partial charge in [0.15, 0.2) is 0 Å². The number of esters is 1. The normalized spacial score (nSPS) is 12.7. The first-order chi connectivity index (χ1) is 13.1. The molecule has 0 radical (unpaired) electrons. The van der Waals surface area contributed by atoms with Crippen molar-refractivity contribution in [3.8, 4) is 0 Å². The Hall–Kier alpha value is -1.58. The highest BCUT2D eigenvalue weighted by molar-refractivity contribution is 5.69. The molecule has 4 heteroatoms. The van der Waals surface area contributed by atoms with Gasteiger partial charge in [0.1, 0.15) is 6.10 Å². The number of carboxylic acid groups (broad SMARTS) is 1. The Balaban J connectivity index is 4.12. The maximum atomic E-state index is 11.8. The molecule has 0 heterocycles. The van der Waals surface area contributed by atoms with E-state index in [0.29, 0.717) is 12.8 Å². The standard InChI is InChI=1S/C23H40O4/c1-3-5-6-7-8-9-10-11-14-18-21(27-23(26)17-4-2)19-15-12-13-16-20-22(24)25/h9-10,14,18,21H,3-8,11-13,15-17,19-20H2,1-2H3,(H,24,25)/b10-9-,18-14-. The Kier molecular flexibility index (Phi) is 18.1. The van der Waals surface area contributed by atoms with Crippen molar-refractivity contribution in [2.24, 2.45) is 0 Å². The second-order valence-corrected chi connectivity index (χ2v) is 7.11. The van der Waals surface area contributed by atoms with Gasteiger partial charge in [0.05, 0.1) is 0 Å². The predicted octanol–water partition coefficient (Wildman–Crippen LogP) is 6.60. The van der Waals surface area contributed by atoms with Crippen molar-refractivity contribution in [2.75, 3.05) is 0 Å². The van der Waals surface area contributed by atoms with Crippen molar-refractivity contribution in [2.45, 2.75) is 110 Å². The molecule has 0 bridgehead atoms. The topological polar surface area (TPSA) is 63.6 Å². The van der Waals surface area contributed by atoms with Crippen LogP contribution in [0.25, 0.3) is 0 Å². The summed E-state index contributed by atoms with van der Waals surface area (Å²) in [6, 6.07) is 0. The third kappa shape index (κ3) is 19.0. The molecule has 0 aliphatic carbocycles. The summed E-state index contributed by atoms with van der Waals surface area (Å²) < 4.78 is 5.56. The summed E-state index contributed by atoms with van der Waals surface area (Å²) in [5, 5.41) is 8.65. The second kappa shape index (κ2) is 19.2. The van der Waals surface area contributed by atoms with Gasteiger partial charge in [0, 0.05) is 12.8 Å². The highest BCUT2D eigenvalue weighted by Gasteiger charge is 2.10. The highest BCUT2D eigenvalue weighted by atomic mass is 16.5. The molecule has 1 atom stereocenters. The van der Waals surface area contributed by atoms with Crippen LogP contribution in [0.5, 0.6) is 0 Å². The molecular formula is C23H40O4. The zero-order valence-corrected chi connectivity index (χ0v) is 17.5. The van der Waals surface area contributed by atoms with Gasteiger partial charge in [0.2, 0.25) is 0 Å². The molecule has 0 rings (SSSR count). The van der Waals surface area contributed by atoms with Gasteiger partial charge in [-0.05, 0) is 51.0 Å². The van der Waals surface area contributed by atoms with Gasteiger partial charge in [-0.15, -0.1) is 0 Å². The number of hydrogen-bond acceptors (Lipinski definition) is 3. The molecule has 27 heavy (non-hydrogen) atoms. The van der Waals surface area contributed by atoms with E-state index in [2.05, 4.69) is 25.2 Å². The maximum Gasteiger partial charge on any atom is 0.306 e. The summed E-state index contributed by atoms with van der Waals surface area (Å²) >= 11 is 0. The lowest BCUT2D eigenvalue weighted by Crippen LogP contribution is -2.15. The van der Waals surface area contributed by atoms with Crippen molar-refractivity contribution >= 4 is 11.9 Å². The number of carboxylic acids is 1. The number of allylic oxidation sites excluding steroid dienone is 3. The smallest absolute Gasteiger partial charge is 0.306 e. The highest BCUT2D eigenvalue weighted by Crippen LogP contribution is 2.12. The van der Waals surface area contributed by atoms with Gasteiger partial charge >= 0.3 is 11.9 Å². The van der Waals surface area contributed by atoms with Crippen LogP contribution in [0.1, 0.15) is 104 Å². The van der Waals surface area contributed by atoms with Crippen LogP contribution in [-0.4, -0.2) is 23.1 Å². The summed E-state index contributed by atoms with van der Waals surface area (Å²) in [5.41, 5.74) is 0. The molecule has 1 unspecified atom stereocenters. The molecular weight excluding hydrogens is 340 g/mol. The van der Waals surface area contributed by atoms with E-state index in [0.717, 1.165) is 44.9 Å². The van der Waals surface area contributed by atoms with Crippen LogP contribution in [-0.2, 0) is 14.3 Å². The lowest BCUT2D eigenvalue weighted by atomic mass is 10.1. The third-order valence-electron chi connectivity index (χ3n) is 4.38. The zero-order valence-electron chi connectivity index (χ0n) is 17.5. The minimum atomic E-state index is -0.734. The van der Waals surface area contributed by atoms with Crippen LogP contribution in [0.15, 0.2) is 24.3 Å². The summed E-state index contributed by atoms with van der Waals surface area (Å²) in [6.45, 7) is 4.19. The molecule has 0 aliphatic rings. The SMILES string of the molecule is CCCCCC/C=C\C/C=C\C(CCCCCCC(=O)O)OC(=O)CCC. The van der Waals surface area contributed by atoms with Gasteiger partial charge < -0.3 is 9.84 Å². The van der Waals surface area contributed by atoms with Crippen molar-refractivity contribution in [3.63, 3.8) is 0 Å². The van der Waals surface area contributed by atoms with Gasteiger partial charge in [-0.25, -0.2) is 0 Å². The van der Waals surface area contributed by atoms with E-state index in [9.17, 15) is 9.59 Å². The van der Waals surface area contributed by atoms with E-state index in [1.165, 1.54) is 25.7 Å². The number of hydrogen-bond donors (Lipinski definition) is 1. The van der Waals surface area contributed by atoms with Crippen molar-refractivity contribution in [1.29, 1.82) is 0 Å². The number of rotatable bonds is 18. The maximum absolute atomic E-state index is 11.8. The number of aliphatic carboxylic acids is 1. The van der Waals surface area contributed by atoms with E-state index in [1.54, 1.807) is 0 Å². The first kappa shape index (κ1) is 25.4. The first-order valence-corrected chi connectivity index (χ1v) is 10.8. The average molecular weight is 381 g/mol. The van der Waals surface area contributed by atoms with Crippen LogP contribution < -0.4 is 0 Å². The summed E-state index contributed by atoms with van der Waals surface area (Å²) in [6.07, 6.45) is 21.3. The molecule has 0 amide bonds. The fourth-order valence-electron chi connectivity index (χ4n) is 2.81. The second-order valence-electron chi connectivity index (χ2n) is 7.11. The summed E-state index contributed by atoms with van der Waals surface area (Å²) in [5.74, 6) is -0.868. The lowest BCUT2D eigenvalue weighted by molar-refractivity contribution is -0.147. The molecule has 0 aliphatic heterocycles. The minimum absolute atomic E-state index is 0.135. The van der Waals surface area contributed by atoms with Gasteiger partial charge in [0.25, 0.3) is 0 Å². The van der Waals surface area contributed by atoms with Gasteiger partial charge in [-0.3, -0.25) is 9.59 Å². The van der Waals surface area contributed by atoms with E-state index in [1.807, 2.05) is 13.0 Å². The zero-order chi connectivity index (χ0) is 20.2. The largest absolute Gasteiger partial charge is 0.481 e. The molecule has 0 aromatic heterocycles. The van der Waals surface area contributed by atoms with Crippen LogP contribution in [0.2, 0.25) is 0 Å². The van der Waals surface area contributed by atoms with E-state index < -0.39 is 5.97 Å². The van der Waals surface area contributed by atoms with Crippen LogP contribution in [0.4, 0.5) is 0 Å². The molecule has 1 N–H and O–H groups in total. The molecule has 0 aromatic rings. The van der Waals surface area contributed by atoms with Crippen LogP contribution in [0.3, 0.4) is 0 Å². The first-order valence-electron chi connectivity index (χ1n) is 10.8. The fraction of sp³-hybridized carbons (Fsp3) is 0.739. The molecule has 0 saturated heterocycles. The number of unbranched alkanes of at least 4 members (excludes halogenated alkanes) is 7. The Labute approximate surface area is 166 Å². The molecule has 156 valence electrons. The molecule has 0 spiro atoms. The van der Waals surface area contributed by atoms with Crippen molar-refractivity contribution < 1.29 is 19.4 Å². The van der Waals surface area contributed by atoms with Crippen LogP contribution >= 0.6 is 0 Å². The van der Waals surface area contributed by atoms with Gasteiger partial charge in [-0.2, -0.15) is 0 Å². The van der Waals surface area contributed by atoms with E-state index >= 15 is 0 Å². The van der Waals surface area contributed by atoms with E-state index in [-0.39, 0.29) is 18.5 Å². The Morgan fingerprint density at radius 3 is 2.30 bits per heavy atom. The number of ether oxygens (including phenoxy) is 1. The van der Waals surface area contributed by atoms with Crippen molar-refractivity contribution in [3.05, 3.63) is 24.3 Å². The molecule has 0 aromatic carbocycles.